The Labute approximate surface area is 155 Å². The number of halogens is 1. The highest BCUT2D eigenvalue weighted by Gasteiger charge is 2.15. The average molecular weight is 391 g/mol. The summed E-state index contributed by atoms with van der Waals surface area (Å²) in [6.45, 7) is 0.0480. The molecule has 1 aromatic heterocycles. The van der Waals surface area contributed by atoms with E-state index < -0.39 is 10.0 Å². The normalized spacial score (nSPS) is 11.3. The molecule has 6 nitrogen and oxygen atoms in total. The van der Waals surface area contributed by atoms with Gasteiger partial charge in [0.15, 0.2) is 0 Å². The Morgan fingerprint density at radius 1 is 1.04 bits per heavy atom. The molecule has 3 aromatic rings. The van der Waals surface area contributed by atoms with E-state index in [9.17, 15) is 13.2 Å². The van der Waals surface area contributed by atoms with E-state index in [1.807, 2.05) is 0 Å². The molecule has 0 radical (unpaired) electrons. The van der Waals surface area contributed by atoms with Crippen LogP contribution < -0.4 is 10.0 Å². The molecule has 1 amide bonds. The Morgan fingerprint density at radius 3 is 2.46 bits per heavy atom. The Hall–Kier alpha value is -2.61. The van der Waals surface area contributed by atoms with Crippen LogP contribution in [0.1, 0.15) is 16.1 Å². The summed E-state index contributed by atoms with van der Waals surface area (Å²) in [5.41, 5.74) is 0.884. The molecule has 0 bridgehead atoms. The minimum Gasteiger partial charge on any atom is -0.468 e. The third-order valence-electron chi connectivity index (χ3n) is 3.53. The van der Waals surface area contributed by atoms with Gasteiger partial charge in [0, 0.05) is 16.3 Å². The highest BCUT2D eigenvalue weighted by molar-refractivity contribution is 7.89. The van der Waals surface area contributed by atoms with Gasteiger partial charge in [0.2, 0.25) is 10.0 Å². The number of hydrogen-bond donors (Lipinski definition) is 2. The van der Waals surface area contributed by atoms with Crippen LogP contribution in [-0.2, 0) is 16.6 Å². The van der Waals surface area contributed by atoms with Gasteiger partial charge in [0.05, 0.1) is 17.7 Å². The Kier molecular flexibility index (Phi) is 5.41. The van der Waals surface area contributed by atoms with E-state index in [-0.39, 0.29) is 17.3 Å². The summed E-state index contributed by atoms with van der Waals surface area (Å²) in [5.74, 6) is 0.144. The quantitative estimate of drug-likeness (QED) is 0.672. The van der Waals surface area contributed by atoms with Crippen LogP contribution in [0.25, 0.3) is 0 Å². The first-order chi connectivity index (χ1) is 12.4. The Balaban J connectivity index is 1.68. The number of anilines is 1. The fourth-order valence-electron chi connectivity index (χ4n) is 2.22. The SMILES string of the molecule is O=C(Nc1cccc(Cl)c1)c1ccc(S(=O)(=O)NCc2ccco2)cc1. The van der Waals surface area contributed by atoms with E-state index in [2.05, 4.69) is 10.0 Å². The lowest BCUT2D eigenvalue weighted by atomic mass is 10.2. The molecular formula is C18H15ClN2O4S. The topological polar surface area (TPSA) is 88.4 Å². The number of amides is 1. The monoisotopic (exact) mass is 390 g/mol. The van der Waals surface area contributed by atoms with Crippen molar-refractivity contribution in [2.75, 3.05) is 5.32 Å². The summed E-state index contributed by atoms with van der Waals surface area (Å²) >= 11 is 5.88. The average Bonchev–Trinajstić information content (AvgIpc) is 3.14. The Morgan fingerprint density at radius 2 is 1.81 bits per heavy atom. The highest BCUT2D eigenvalue weighted by Crippen LogP contribution is 2.17. The molecule has 0 aliphatic rings. The van der Waals surface area contributed by atoms with E-state index in [0.717, 1.165) is 0 Å². The van der Waals surface area contributed by atoms with Gasteiger partial charge in [-0.05, 0) is 54.6 Å². The van der Waals surface area contributed by atoms with Crippen molar-refractivity contribution in [1.29, 1.82) is 0 Å². The van der Waals surface area contributed by atoms with Gasteiger partial charge in [-0.1, -0.05) is 17.7 Å². The molecule has 0 aliphatic heterocycles. The van der Waals surface area contributed by atoms with Crippen molar-refractivity contribution in [2.45, 2.75) is 11.4 Å². The molecule has 0 saturated heterocycles. The number of nitrogens with one attached hydrogen (secondary N) is 2. The number of furan rings is 1. The molecule has 3 rings (SSSR count). The number of sulfonamides is 1. The van der Waals surface area contributed by atoms with Gasteiger partial charge in [0.1, 0.15) is 5.76 Å². The van der Waals surface area contributed by atoms with Crippen molar-refractivity contribution < 1.29 is 17.6 Å². The van der Waals surface area contributed by atoms with Crippen LogP contribution in [-0.4, -0.2) is 14.3 Å². The number of carbonyl (C=O) groups excluding carboxylic acids is 1. The molecule has 2 aromatic carbocycles. The third-order valence-corrected chi connectivity index (χ3v) is 5.18. The summed E-state index contributed by atoms with van der Waals surface area (Å²) in [6, 6.07) is 15.7. The summed E-state index contributed by atoms with van der Waals surface area (Å²) < 4.78 is 32.1. The lowest BCUT2D eigenvalue weighted by Crippen LogP contribution is -2.23. The third kappa shape index (κ3) is 4.51. The zero-order chi connectivity index (χ0) is 18.6. The maximum atomic E-state index is 12.3. The summed E-state index contributed by atoms with van der Waals surface area (Å²) in [5, 5.41) is 3.21. The molecule has 134 valence electrons. The fourth-order valence-corrected chi connectivity index (χ4v) is 3.40. The standard InChI is InChI=1S/C18H15ClN2O4S/c19-14-3-1-4-15(11-14)21-18(22)13-6-8-17(9-7-13)26(23,24)20-12-16-5-2-10-25-16/h1-11,20H,12H2,(H,21,22). The van der Waals surface area contributed by atoms with Gasteiger partial charge >= 0.3 is 0 Å². The first-order valence-corrected chi connectivity index (χ1v) is 9.49. The highest BCUT2D eigenvalue weighted by atomic mass is 35.5. The van der Waals surface area contributed by atoms with Crippen LogP contribution in [0.3, 0.4) is 0 Å². The molecule has 8 heteroatoms. The van der Waals surface area contributed by atoms with Crippen molar-refractivity contribution in [3.8, 4) is 0 Å². The van der Waals surface area contributed by atoms with Crippen LogP contribution in [0.4, 0.5) is 5.69 Å². The molecule has 0 fully saturated rings. The minimum atomic E-state index is -3.70. The second-order valence-electron chi connectivity index (χ2n) is 5.39. The van der Waals surface area contributed by atoms with E-state index in [1.54, 1.807) is 36.4 Å². The summed E-state index contributed by atoms with van der Waals surface area (Å²) in [7, 11) is -3.70. The number of rotatable bonds is 6. The lowest BCUT2D eigenvalue weighted by Gasteiger charge is -2.08. The molecule has 0 unspecified atom stereocenters. The van der Waals surface area contributed by atoms with Crippen LogP contribution in [0.15, 0.2) is 76.2 Å². The van der Waals surface area contributed by atoms with E-state index in [1.165, 1.54) is 30.5 Å². The fraction of sp³-hybridized carbons (Fsp3) is 0.0556. The zero-order valence-electron chi connectivity index (χ0n) is 13.5. The molecule has 2 N–H and O–H groups in total. The molecule has 26 heavy (non-hydrogen) atoms. The zero-order valence-corrected chi connectivity index (χ0v) is 15.0. The van der Waals surface area contributed by atoms with Gasteiger partial charge < -0.3 is 9.73 Å². The van der Waals surface area contributed by atoms with Crippen LogP contribution in [0.5, 0.6) is 0 Å². The summed E-state index contributed by atoms with van der Waals surface area (Å²) in [4.78, 5) is 12.3. The molecule has 0 saturated carbocycles. The van der Waals surface area contributed by atoms with Gasteiger partial charge in [-0.25, -0.2) is 13.1 Å². The van der Waals surface area contributed by atoms with Gasteiger partial charge in [-0.3, -0.25) is 4.79 Å². The van der Waals surface area contributed by atoms with Crippen molar-refractivity contribution in [3.63, 3.8) is 0 Å². The first-order valence-electron chi connectivity index (χ1n) is 7.63. The summed E-state index contributed by atoms with van der Waals surface area (Å²) in [6.07, 6.45) is 1.47. The van der Waals surface area contributed by atoms with Crippen LogP contribution >= 0.6 is 11.6 Å². The van der Waals surface area contributed by atoms with E-state index >= 15 is 0 Å². The smallest absolute Gasteiger partial charge is 0.255 e. The largest absolute Gasteiger partial charge is 0.468 e. The Bertz CT molecular complexity index is 1000. The second kappa shape index (κ2) is 7.74. The van der Waals surface area contributed by atoms with E-state index in [0.29, 0.717) is 22.0 Å². The minimum absolute atomic E-state index is 0.0480. The molecule has 0 aliphatic carbocycles. The van der Waals surface area contributed by atoms with Crippen molar-refractivity contribution in [3.05, 3.63) is 83.3 Å². The van der Waals surface area contributed by atoms with Crippen molar-refractivity contribution in [1.82, 2.24) is 4.72 Å². The van der Waals surface area contributed by atoms with Crippen molar-refractivity contribution >= 4 is 33.2 Å². The van der Waals surface area contributed by atoms with Crippen LogP contribution in [0.2, 0.25) is 5.02 Å². The predicted octanol–water partition coefficient (Wildman–Crippen LogP) is 3.66. The maximum Gasteiger partial charge on any atom is 0.255 e. The maximum absolute atomic E-state index is 12.3. The van der Waals surface area contributed by atoms with Gasteiger partial charge in [-0.15, -0.1) is 0 Å². The lowest BCUT2D eigenvalue weighted by molar-refractivity contribution is 0.102. The number of carbonyl (C=O) groups is 1. The number of benzene rings is 2. The molecule has 1 heterocycles. The molecular weight excluding hydrogens is 376 g/mol. The van der Waals surface area contributed by atoms with Crippen LogP contribution in [0, 0.1) is 0 Å². The first kappa shape index (κ1) is 18.2. The molecule has 0 spiro atoms. The second-order valence-corrected chi connectivity index (χ2v) is 7.60. The van der Waals surface area contributed by atoms with Gasteiger partial charge in [0.25, 0.3) is 5.91 Å². The van der Waals surface area contributed by atoms with E-state index in [4.69, 9.17) is 16.0 Å². The molecule has 0 atom stereocenters. The number of hydrogen-bond acceptors (Lipinski definition) is 4. The predicted molar refractivity (Wildman–Crippen MR) is 98.6 cm³/mol. The van der Waals surface area contributed by atoms with Crippen molar-refractivity contribution in [2.24, 2.45) is 0 Å². The van der Waals surface area contributed by atoms with Gasteiger partial charge in [-0.2, -0.15) is 0 Å².